The number of carboxylic acid groups (broad SMARTS) is 2. The standard InChI is InChI=1S/C14H26O4S2/c15-13(16)10-8-6-4-2-1-3-5-7-9-11-19-20-12-14(17)18/h1-12H2,(H,15,16)(H,17,18). The molecule has 0 atom stereocenters. The van der Waals surface area contributed by atoms with Gasteiger partial charge in [0, 0.05) is 12.2 Å². The van der Waals surface area contributed by atoms with E-state index < -0.39 is 11.9 Å². The minimum atomic E-state index is -0.745. The van der Waals surface area contributed by atoms with Crippen molar-refractivity contribution in [2.45, 2.75) is 64.2 Å². The first-order valence-corrected chi connectivity index (χ1v) is 9.79. The second-order valence-corrected chi connectivity index (χ2v) is 7.39. The third kappa shape index (κ3) is 17.6. The first-order chi connectivity index (χ1) is 9.63. The molecule has 4 nitrogen and oxygen atoms in total. The van der Waals surface area contributed by atoms with Crippen LogP contribution >= 0.6 is 21.6 Å². The predicted molar refractivity (Wildman–Crippen MR) is 86.4 cm³/mol. The van der Waals surface area contributed by atoms with E-state index in [0.29, 0.717) is 6.42 Å². The summed E-state index contributed by atoms with van der Waals surface area (Å²) in [7, 11) is 3.07. The normalized spacial score (nSPS) is 10.6. The summed E-state index contributed by atoms with van der Waals surface area (Å²) in [6, 6.07) is 0. The third-order valence-corrected chi connectivity index (χ3v) is 5.22. The van der Waals surface area contributed by atoms with Crippen molar-refractivity contribution in [2.24, 2.45) is 0 Å². The summed E-state index contributed by atoms with van der Waals surface area (Å²) in [4.78, 5) is 20.6. The van der Waals surface area contributed by atoms with Crippen LogP contribution in [-0.4, -0.2) is 33.7 Å². The fourth-order valence-electron chi connectivity index (χ4n) is 1.83. The Labute approximate surface area is 129 Å². The van der Waals surface area contributed by atoms with Gasteiger partial charge in [-0.3, -0.25) is 9.59 Å². The topological polar surface area (TPSA) is 74.6 Å². The van der Waals surface area contributed by atoms with Gasteiger partial charge in [-0.05, 0) is 12.8 Å². The smallest absolute Gasteiger partial charge is 0.314 e. The SMILES string of the molecule is O=C(O)CCCCCCCCCCCSSCC(=O)O. The van der Waals surface area contributed by atoms with Gasteiger partial charge in [0.1, 0.15) is 5.75 Å². The van der Waals surface area contributed by atoms with E-state index in [-0.39, 0.29) is 5.75 Å². The molecule has 0 aliphatic carbocycles. The average Bonchev–Trinajstić information content (AvgIpc) is 2.38. The summed E-state index contributed by atoms with van der Waals surface area (Å²) >= 11 is 0. The highest BCUT2D eigenvalue weighted by Crippen LogP contribution is 2.22. The van der Waals surface area contributed by atoms with Crippen LogP contribution in [0.15, 0.2) is 0 Å². The maximum atomic E-state index is 10.3. The van der Waals surface area contributed by atoms with Crippen molar-refractivity contribution in [3.05, 3.63) is 0 Å². The van der Waals surface area contributed by atoms with Crippen LogP contribution in [0, 0.1) is 0 Å². The Bertz CT molecular complexity index is 234. The van der Waals surface area contributed by atoms with Gasteiger partial charge in [-0.25, -0.2) is 0 Å². The van der Waals surface area contributed by atoms with Crippen molar-refractivity contribution in [2.75, 3.05) is 11.5 Å². The van der Waals surface area contributed by atoms with Crippen LogP contribution in [0.4, 0.5) is 0 Å². The predicted octanol–water partition coefficient (Wildman–Crippen LogP) is 4.44. The number of hydrogen-bond acceptors (Lipinski definition) is 4. The minimum Gasteiger partial charge on any atom is -0.481 e. The van der Waals surface area contributed by atoms with E-state index in [2.05, 4.69) is 0 Å². The molecule has 0 spiro atoms. The molecule has 0 rings (SSSR count). The Hall–Kier alpha value is -0.360. The largest absolute Gasteiger partial charge is 0.481 e. The number of aliphatic carboxylic acids is 2. The molecule has 0 heterocycles. The Morgan fingerprint density at radius 3 is 1.65 bits per heavy atom. The summed E-state index contributed by atoms with van der Waals surface area (Å²) in [5.41, 5.74) is 0. The molecule has 2 N–H and O–H groups in total. The van der Waals surface area contributed by atoms with E-state index in [1.54, 1.807) is 10.8 Å². The number of rotatable bonds is 15. The van der Waals surface area contributed by atoms with Gasteiger partial charge in [0.15, 0.2) is 0 Å². The van der Waals surface area contributed by atoms with Crippen LogP contribution in [0.2, 0.25) is 0 Å². The average molecular weight is 322 g/mol. The van der Waals surface area contributed by atoms with E-state index in [9.17, 15) is 9.59 Å². The molecule has 0 aromatic rings. The lowest BCUT2D eigenvalue weighted by atomic mass is 10.1. The van der Waals surface area contributed by atoms with Crippen LogP contribution in [0.25, 0.3) is 0 Å². The van der Waals surface area contributed by atoms with E-state index >= 15 is 0 Å². The molecule has 0 aromatic heterocycles. The summed E-state index contributed by atoms with van der Waals surface area (Å²) in [6.45, 7) is 0. The third-order valence-electron chi connectivity index (χ3n) is 2.88. The number of carboxylic acids is 2. The van der Waals surface area contributed by atoms with E-state index in [1.807, 2.05) is 0 Å². The monoisotopic (exact) mass is 322 g/mol. The number of carbonyl (C=O) groups is 2. The fraction of sp³-hybridized carbons (Fsp3) is 0.857. The molecule has 0 aliphatic rings. The molecule has 20 heavy (non-hydrogen) atoms. The molecule has 6 heteroatoms. The second-order valence-electron chi connectivity index (χ2n) is 4.80. The van der Waals surface area contributed by atoms with Gasteiger partial charge in [-0.1, -0.05) is 66.5 Å². The van der Waals surface area contributed by atoms with E-state index in [0.717, 1.165) is 31.4 Å². The van der Waals surface area contributed by atoms with E-state index in [4.69, 9.17) is 10.2 Å². The van der Waals surface area contributed by atoms with Gasteiger partial charge in [-0.15, -0.1) is 0 Å². The summed E-state index contributed by atoms with van der Waals surface area (Å²) in [5.74, 6) is -0.213. The summed E-state index contributed by atoms with van der Waals surface area (Å²) in [5, 5.41) is 16.9. The summed E-state index contributed by atoms with van der Waals surface area (Å²) in [6.07, 6.45) is 10.6. The number of unbranched alkanes of at least 4 members (excludes halogenated alkanes) is 8. The molecular formula is C14H26O4S2. The zero-order valence-electron chi connectivity index (χ0n) is 12.0. The van der Waals surface area contributed by atoms with Gasteiger partial charge in [0.25, 0.3) is 0 Å². The van der Waals surface area contributed by atoms with E-state index in [1.165, 1.54) is 42.9 Å². The fourth-order valence-corrected chi connectivity index (χ4v) is 3.71. The zero-order chi connectivity index (χ0) is 15.1. The minimum absolute atomic E-state index is 0.187. The Morgan fingerprint density at radius 1 is 0.650 bits per heavy atom. The lowest BCUT2D eigenvalue weighted by Gasteiger charge is -2.02. The van der Waals surface area contributed by atoms with Gasteiger partial charge >= 0.3 is 11.9 Å². The highest BCUT2D eigenvalue weighted by atomic mass is 33.1. The Morgan fingerprint density at radius 2 is 1.15 bits per heavy atom. The first-order valence-electron chi connectivity index (χ1n) is 7.31. The molecule has 0 saturated heterocycles. The Kier molecular flexibility index (Phi) is 14.8. The molecule has 0 fully saturated rings. The molecule has 0 bridgehead atoms. The Balaban J connectivity index is 2.99. The molecule has 0 aliphatic heterocycles. The lowest BCUT2D eigenvalue weighted by molar-refractivity contribution is -0.137. The zero-order valence-corrected chi connectivity index (χ0v) is 13.6. The maximum Gasteiger partial charge on any atom is 0.314 e. The first kappa shape index (κ1) is 19.6. The van der Waals surface area contributed by atoms with Gasteiger partial charge in [0.2, 0.25) is 0 Å². The quantitative estimate of drug-likeness (QED) is 0.343. The van der Waals surface area contributed by atoms with Crippen LogP contribution in [0.3, 0.4) is 0 Å². The van der Waals surface area contributed by atoms with Crippen LogP contribution in [-0.2, 0) is 9.59 Å². The molecule has 0 amide bonds. The van der Waals surface area contributed by atoms with Crippen LogP contribution in [0.1, 0.15) is 64.2 Å². The van der Waals surface area contributed by atoms with Crippen LogP contribution in [0.5, 0.6) is 0 Å². The van der Waals surface area contributed by atoms with Crippen molar-refractivity contribution in [3.63, 3.8) is 0 Å². The molecule has 118 valence electrons. The molecule has 0 unspecified atom stereocenters. The highest BCUT2D eigenvalue weighted by molar-refractivity contribution is 8.76. The van der Waals surface area contributed by atoms with Crippen LogP contribution < -0.4 is 0 Å². The number of hydrogen-bond donors (Lipinski definition) is 2. The van der Waals surface area contributed by atoms with Crippen molar-refractivity contribution in [1.29, 1.82) is 0 Å². The maximum absolute atomic E-state index is 10.3. The van der Waals surface area contributed by atoms with Gasteiger partial charge in [-0.2, -0.15) is 0 Å². The lowest BCUT2D eigenvalue weighted by Crippen LogP contribution is -1.96. The second kappa shape index (κ2) is 15.0. The summed E-state index contributed by atoms with van der Waals surface area (Å²) < 4.78 is 0. The van der Waals surface area contributed by atoms with Gasteiger partial charge < -0.3 is 10.2 Å². The molecule has 0 aromatic carbocycles. The highest BCUT2D eigenvalue weighted by Gasteiger charge is 1.98. The molecule has 0 saturated carbocycles. The van der Waals surface area contributed by atoms with Gasteiger partial charge in [0.05, 0.1) is 0 Å². The molecular weight excluding hydrogens is 296 g/mol. The van der Waals surface area contributed by atoms with Crippen molar-refractivity contribution in [1.82, 2.24) is 0 Å². The van der Waals surface area contributed by atoms with Crippen molar-refractivity contribution >= 4 is 33.5 Å². The van der Waals surface area contributed by atoms with Crippen molar-refractivity contribution < 1.29 is 19.8 Å². The van der Waals surface area contributed by atoms with Crippen molar-refractivity contribution in [3.8, 4) is 0 Å². The molecule has 0 radical (unpaired) electrons.